The van der Waals surface area contributed by atoms with E-state index in [4.69, 9.17) is 16.3 Å². The van der Waals surface area contributed by atoms with E-state index < -0.39 is 15.9 Å². The van der Waals surface area contributed by atoms with Crippen LogP contribution in [-0.4, -0.2) is 38.3 Å². The van der Waals surface area contributed by atoms with Gasteiger partial charge in [-0.1, -0.05) is 30.7 Å². The van der Waals surface area contributed by atoms with E-state index in [0.717, 1.165) is 15.4 Å². The fourth-order valence-electron chi connectivity index (χ4n) is 2.67. The van der Waals surface area contributed by atoms with Crippen LogP contribution < -0.4 is 10.1 Å². The summed E-state index contributed by atoms with van der Waals surface area (Å²) in [4.78, 5) is 12.5. The minimum atomic E-state index is -3.88. The molecule has 0 fully saturated rings. The molecule has 2 aromatic carbocycles. The molecule has 0 spiro atoms. The second-order valence-corrected chi connectivity index (χ2v) is 8.60. The Labute approximate surface area is 171 Å². The van der Waals surface area contributed by atoms with Crippen molar-refractivity contribution in [2.75, 3.05) is 25.0 Å². The van der Waals surface area contributed by atoms with Crippen LogP contribution in [-0.2, 0) is 14.8 Å². The van der Waals surface area contributed by atoms with E-state index in [2.05, 4.69) is 5.32 Å². The Bertz CT molecular complexity index is 961. The number of aryl methyl sites for hydroxylation is 1. The summed E-state index contributed by atoms with van der Waals surface area (Å²) in [5, 5.41) is 2.99. The first kappa shape index (κ1) is 22.2. The Hall–Kier alpha value is -2.09. The van der Waals surface area contributed by atoms with Gasteiger partial charge in [0.15, 0.2) is 0 Å². The summed E-state index contributed by atoms with van der Waals surface area (Å²) in [6.07, 6.45) is 0. The van der Waals surface area contributed by atoms with Crippen LogP contribution in [0.2, 0.25) is 5.02 Å². The molecule has 0 aromatic heterocycles. The zero-order valence-corrected chi connectivity index (χ0v) is 18.0. The van der Waals surface area contributed by atoms with Crippen molar-refractivity contribution in [2.24, 2.45) is 0 Å². The van der Waals surface area contributed by atoms with E-state index >= 15 is 0 Å². The molecule has 8 heteroatoms. The topological polar surface area (TPSA) is 75.7 Å². The van der Waals surface area contributed by atoms with E-state index in [1.54, 1.807) is 13.0 Å². The van der Waals surface area contributed by atoms with Crippen LogP contribution in [0.15, 0.2) is 41.3 Å². The molecule has 152 valence electrons. The molecule has 0 bridgehead atoms. The van der Waals surface area contributed by atoms with Gasteiger partial charge in [-0.2, -0.15) is 4.31 Å². The fourth-order valence-corrected chi connectivity index (χ4v) is 4.40. The maximum atomic E-state index is 12.9. The van der Waals surface area contributed by atoms with Gasteiger partial charge in [0.1, 0.15) is 5.75 Å². The van der Waals surface area contributed by atoms with Gasteiger partial charge >= 0.3 is 0 Å². The average Bonchev–Trinajstić information content (AvgIpc) is 2.65. The quantitative estimate of drug-likeness (QED) is 0.694. The number of ether oxygens (including phenoxy) is 1. The number of nitrogens with one attached hydrogen (secondary N) is 1. The lowest BCUT2D eigenvalue weighted by atomic mass is 10.1. The van der Waals surface area contributed by atoms with Crippen molar-refractivity contribution >= 4 is 33.2 Å². The minimum absolute atomic E-state index is 0.0161. The highest BCUT2D eigenvalue weighted by molar-refractivity contribution is 7.89. The van der Waals surface area contributed by atoms with Crippen LogP contribution in [0.3, 0.4) is 0 Å². The van der Waals surface area contributed by atoms with Crippen molar-refractivity contribution in [3.63, 3.8) is 0 Å². The Kier molecular flexibility index (Phi) is 7.46. The molecule has 0 atom stereocenters. The number of benzene rings is 2. The van der Waals surface area contributed by atoms with Crippen molar-refractivity contribution in [3.05, 3.63) is 52.5 Å². The molecule has 2 rings (SSSR count). The molecule has 0 heterocycles. The summed E-state index contributed by atoms with van der Waals surface area (Å²) in [6, 6.07) is 9.86. The molecular formula is C20H25ClN2O4S. The predicted octanol–water partition coefficient (Wildman–Crippen LogP) is 4.00. The molecule has 0 unspecified atom stereocenters. The van der Waals surface area contributed by atoms with Gasteiger partial charge in [0.2, 0.25) is 15.9 Å². The molecule has 1 N–H and O–H groups in total. The van der Waals surface area contributed by atoms with E-state index in [0.29, 0.717) is 18.0 Å². The maximum absolute atomic E-state index is 12.9. The van der Waals surface area contributed by atoms with Gasteiger partial charge in [-0.15, -0.1) is 0 Å². The number of halogens is 1. The van der Waals surface area contributed by atoms with Gasteiger partial charge in [0.25, 0.3) is 0 Å². The van der Waals surface area contributed by atoms with Crippen LogP contribution in [0.1, 0.15) is 25.0 Å². The van der Waals surface area contributed by atoms with E-state index in [-0.39, 0.29) is 23.0 Å². The summed E-state index contributed by atoms with van der Waals surface area (Å²) in [5.74, 6) is 0.00925. The second kappa shape index (κ2) is 9.41. The number of hydrogen-bond acceptors (Lipinski definition) is 4. The summed E-state index contributed by atoms with van der Waals surface area (Å²) in [6.45, 7) is 7.62. The van der Waals surface area contributed by atoms with Crippen LogP contribution >= 0.6 is 11.6 Å². The molecular weight excluding hydrogens is 400 g/mol. The zero-order chi connectivity index (χ0) is 20.9. The first-order chi connectivity index (χ1) is 13.2. The Morgan fingerprint density at radius 3 is 2.50 bits per heavy atom. The maximum Gasteiger partial charge on any atom is 0.243 e. The zero-order valence-electron chi connectivity index (χ0n) is 16.5. The first-order valence-electron chi connectivity index (χ1n) is 8.99. The number of anilines is 1. The SMILES string of the molecule is CCOc1ccc(S(=O)(=O)N(CC)CC(=O)Nc2cccc(C)c2C)cc1Cl. The molecule has 0 aliphatic heterocycles. The molecule has 0 saturated carbocycles. The average molecular weight is 425 g/mol. The van der Waals surface area contributed by atoms with Gasteiger partial charge in [-0.05, 0) is 56.2 Å². The normalized spacial score (nSPS) is 11.5. The molecule has 0 aliphatic rings. The number of amides is 1. The van der Waals surface area contributed by atoms with Gasteiger partial charge < -0.3 is 10.1 Å². The highest BCUT2D eigenvalue weighted by Crippen LogP contribution is 2.28. The molecule has 6 nitrogen and oxygen atoms in total. The van der Waals surface area contributed by atoms with Gasteiger partial charge in [0.05, 0.1) is 23.1 Å². The number of nitrogens with zero attached hydrogens (tertiary/aromatic N) is 1. The Balaban J connectivity index is 2.20. The van der Waals surface area contributed by atoms with Crippen LogP contribution in [0.5, 0.6) is 5.75 Å². The Morgan fingerprint density at radius 2 is 1.89 bits per heavy atom. The largest absolute Gasteiger partial charge is 0.492 e. The standard InChI is InChI=1S/C20H25ClN2O4S/c1-5-23(13-20(24)22-18-9-7-8-14(3)15(18)4)28(25,26)16-10-11-19(27-6-2)17(21)12-16/h7-12H,5-6,13H2,1-4H3,(H,22,24). The monoisotopic (exact) mass is 424 g/mol. The fraction of sp³-hybridized carbons (Fsp3) is 0.350. The summed E-state index contributed by atoms with van der Waals surface area (Å²) in [7, 11) is -3.88. The minimum Gasteiger partial charge on any atom is -0.492 e. The lowest BCUT2D eigenvalue weighted by Gasteiger charge is -2.21. The molecule has 0 aliphatic carbocycles. The molecule has 1 amide bonds. The Morgan fingerprint density at radius 1 is 1.18 bits per heavy atom. The van der Waals surface area contributed by atoms with Crippen LogP contribution in [0.25, 0.3) is 0 Å². The first-order valence-corrected chi connectivity index (χ1v) is 10.8. The molecule has 0 radical (unpaired) electrons. The van der Waals surface area contributed by atoms with E-state index in [1.807, 2.05) is 32.9 Å². The number of sulfonamides is 1. The smallest absolute Gasteiger partial charge is 0.243 e. The van der Waals surface area contributed by atoms with Crippen molar-refractivity contribution in [3.8, 4) is 5.75 Å². The van der Waals surface area contributed by atoms with Gasteiger partial charge in [-0.25, -0.2) is 8.42 Å². The van der Waals surface area contributed by atoms with Crippen LogP contribution in [0, 0.1) is 13.8 Å². The summed E-state index contributed by atoms with van der Waals surface area (Å²) in [5.41, 5.74) is 2.66. The second-order valence-electron chi connectivity index (χ2n) is 6.25. The molecule has 28 heavy (non-hydrogen) atoms. The highest BCUT2D eigenvalue weighted by atomic mass is 35.5. The number of rotatable bonds is 8. The van der Waals surface area contributed by atoms with E-state index in [1.165, 1.54) is 18.2 Å². The third kappa shape index (κ3) is 5.04. The lowest BCUT2D eigenvalue weighted by molar-refractivity contribution is -0.116. The number of carbonyl (C=O) groups is 1. The van der Waals surface area contributed by atoms with Crippen LogP contribution in [0.4, 0.5) is 5.69 Å². The van der Waals surface area contributed by atoms with Crippen molar-refractivity contribution in [2.45, 2.75) is 32.6 Å². The number of carbonyl (C=O) groups excluding carboxylic acids is 1. The third-order valence-electron chi connectivity index (χ3n) is 4.39. The predicted molar refractivity (Wildman–Crippen MR) is 112 cm³/mol. The number of hydrogen-bond donors (Lipinski definition) is 1. The van der Waals surface area contributed by atoms with E-state index in [9.17, 15) is 13.2 Å². The van der Waals surface area contributed by atoms with Gasteiger partial charge in [0, 0.05) is 12.2 Å². The van der Waals surface area contributed by atoms with Gasteiger partial charge in [-0.3, -0.25) is 4.79 Å². The molecule has 2 aromatic rings. The lowest BCUT2D eigenvalue weighted by Crippen LogP contribution is -2.38. The highest BCUT2D eigenvalue weighted by Gasteiger charge is 2.26. The van der Waals surface area contributed by atoms with Crippen molar-refractivity contribution in [1.82, 2.24) is 4.31 Å². The van der Waals surface area contributed by atoms with Crippen molar-refractivity contribution in [1.29, 1.82) is 0 Å². The van der Waals surface area contributed by atoms with Crippen molar-refractivity contribution < 1.29 is 17.9 Å². The number of likely N-dealkylation sites (N-methyl/N-ethyl adjacent to an activating group) is 1. The summed E-state index contributed by atoms with van der Waals surface area (Å²) < 4.78 is 32.3. The summed E-state index contributed by atoms with van der Waals surface area (Å²) >= 11 is 6.12. The third-order valence-corrected chi connectivity index (χ3v) is 6.60. The molecule has 0 saturated heterocycles.